The maximum Gasteiger partial charge on any atom is 0.276 e. The van der Waals surface area contributed by atoms with E-state index in [1.807, 2.05) is 38.4 Å². The monoisotopic (exact) mass is 415 g/mol. The van der Waals surface area contributed by atoms with Gasteiger partial charge >= 0.3 is 0 Å². The number of carbonyl (C=O) groups excluding carboxylic acids is 1. The van der Waals surface area contributed by atoms with Crippen molar-refractivity contribution in [3.8, 4) is 11.5 Å². The minimum Gasteiger partial charge on any atom is -0.454 e. The van der Waals surface area contributed by atoms with E-state index in [1.54, 1.807) is 28.8 Å². The molecule has 0 unspecified atom stereocenters. The maximum atomic E-state index is 12.8. The average Bonchev–Trinajstić information content (AvgIpc) is 3.40. The number of nitrogens with zero attached hydrogens (tertiary/aromatic N) is 4. The first-order valence-corrected chi connectivity index (χ1v) is 9.90. The molecule has 0 saturated heterocycles. The fourth-order valence-corrected chi connectivity index (χ4v) is 3.58. The number of aryl methyl sites for hydroxylation is 1. The number of anilines is 2. The molecule has 0 fully saturated rings. The molecule has 8 heteroatoms. The highest BCUT2D eigenvalue weighted by atomic mass is 16.7. The zero-order valence-electron chi connectivity index (χ0n) is 17.2. The predicted octanol–water partition coefficient (Wildman–Crippen LogP) is 3.66. The van der Waals surface area contributed by atoms with Gasteiger partial charge in [0.05, 0.1) is 11.9 Å². The number of benzene rings is 2. The summed E-state index contributed by atoms with van der Waals surface area (Å²) in [7, 11) is 1.98. The largest absolute Gasteiger partial charge is 0.454 e. The van der Waals surface area contributed by atoms with Gasteiger partial charge in [-0.2, -0.15) is 5.10 Å². The Kier molecular flexibility index (Phi) is 4.66. The molecule has 2 aromatic heterocycles. The molecule has 1 amide bonds. The molecule has 2 aromatic carbocycles. The van der Waals surface area contributed by atoms with E-state index in [9.17, 15) is 4.79 Å². The highest BCUT2D eigenvalue weighted by Crippen LogP contribution is 2.34. The summed E-state index contributed by atoms with van der Waals surface area (Å²) in [4.78, 5) is 19.6. The summed E-state index contributed by atoms with van der Waals surface area (Å²) >= 11 is 0. The number of nitrogens with one attached hydrogen (secondary N) is 1. The Morgan fingerprint density at radius 1 is 1.13 bits per heavy atom. The number of rotatable bonds is 5. The van der Waals surface area contributed by atoms with Gasteiger partial charge in [0.1, 0.15) is 5.52 Å². The van der Waals surface area contributed by atoms with Gasteiger partial charge in [-0.15, -0.1) is 0 Å². The number of fused-ring (bicyclic) bond motifs is 2. The Balaban J connectivity index is 1.42. The van der Waals surface area contributed by atoms with Gasteiger partial charge in [0.25, 0.3) is 5.91 Å². The average molecular weight is 415 g/mol. The molecule has 1 N–H and O–H groups in total. The number of carbonyl (C=O) groups is 1. The van der Waals surface area contributed by atoms with Gasteiger partial charge in [-0.3, -0.25) is 4.79 Å². The zero-order chi connectivity index (χ0) is 21.4. The summed E-state index contributed by atoms with van der Waals surface area (Å²) in [5.41, 5.74) is 3.67. The van der Waals surface area contributed by atoms with Gasteiger partial charge in [-0.05, 0) is 24.6 Å². The first-order valence-electron chi connectivity index (χ1n) is 9.90. The SMILES string of the molecule is Cc1cn2nc(C(=O)Nc3ccc4c(c3)OCO4)cc2c(N(C)Cc2ccccc2)n1. The van der Waals surface area contributed by atoms with Crippen LogP contribution in [0, 0.1) is 6.92 Å². The van der Waals surface area contributed by atoms with E-state index in [2.05, 4.69) is 27.4 Å². The van der Waals surface area contributed by atoms with Gasteiger partial charge in [0.2, 0.25) is 6.79 Å². The summed E-state index contributed by atoms with van der Waals surface area (Å²) in [6.45, 7) is 2.79. The Labute approximate surface area is 179 Å². The predicted molar refractivity (Wildman–Crippen MR) is 117 cm³/mol. The Hall–Kier alpha value is -4.07. The van der Waals surface area contributed by atoms with Crippen LogP contribution in [0.2, 0.25) is 0 Å². The molecule has 1 aliphatic heterocycles. The number of hydrogen-bond acceptors (Lipinski definition) is 6. The highest BCUT2D eigenvalue weighted by molar-refractivity contribution is 6.04. The Bertz CT molecular complexity index is 1270. The Morgan fingerprint density at radius 3 is 2.77 bits per heavy atom. The summed E-state index contributed by atoms with van der Waals surface area (Å²) in [6.07, 6.45) is 1.81. The van der Waals surface area contributed by atoms with Crippen molar-refractivity contribution in [2.24, 2.45) is 0 Å². The molecule has 31 heavy (non-hydrogen) atoms. The van der Waals surface area contributed by atoms with Crippen LogP contribution in [-0.2, 0) is 6.54 Å². The molecule has 3 heterocycles. The molecular weight excluding hydrogens is 394 g/mol. The van der Waals surface area contributed by atoms with Gasteiger partial charge < -0.3 is 19.7 Å². The highest BCUT2D eigenvalue weighted by Gasteiger charge is 2.18. The molecule has 0 bridgehead atoms. The molecule has 156 valence electrons. The van der Waals surface area contributed by atoms with Gasteiger partial charge in [-0.1, -0.05) is 30.3 Å². The first-order chi connectivity index (χ1) is 15.1. The van der Waals surface area contributed by atoms with Crippen molar-refractivity contribution < 1.29 is 14.3 Å². The van der Waals surface area contributed by atoms with Crippen molar-refractivity contribution >= 4 is 22.9 Å². The lowest BCUT2D eigenvalue weighted by atomic mass is 10.2. The molecule has 4 aromatic rings. The summed E-state index contributed by atoms with van der Waals surface area (Å²) in [5.74, 6) is 1.73. The first kappa shape index (κ1) is 18.9. The third kappa shape index (κ3) is 3.75. The summed E-state index contributed by atoms with van der Waals surface area (Å²) in [5, 5.41) is 7.34. The molecule has 0 aliphatic carbocycles. The Morgan fingerprint density at radius 2 is 1.94 bits per heavy atom. The lowest BCUT2D eigenvalue weighted by Gasteiger charge is -2.19. The molecule has 1 aliphatic rings. The zero-order valence-corrected chi connectivity index (χ0v) is 17.2. The molecule has 0 radical (unpaired) electrons. The molecule has 8 nitrogen and oxygen atoms in total. The van der Waals surface area contributed by atoms with Crippen molar-refractivity contribution in [2.45, 2.75) is 13.5 Å². The van der Waals surface area contributed by atoms with Gasteiger partial charge in [0, 0.05) is 31.4 Å². The van der Waals surface area contributed by atoms with Crippen LogP contribution in [0.25, 0.3) is 5.52 Å². The van der Waals surface area contributed by atoms with E-state index in [0.29, 0.717) is 29.4 Å². The fraction of sp³-hybridized carbons (Fsp3) is 0.174. The molecule has 5 rings (SSSR count). The summed E-state index contributed by atoms with van der Waals surface area (Å²) < 4.78 is 12.4. The second kappa shape index (κ2) is 7.64. The van der Waals surface area contributed by atoms with E-state index < -0.39 is 0 Å². The van der Waals surface area contributed by atoms with Crippen LogP contribution in [0.5, 0.6) is 11.5 Å². The van der Waals surface area contributed by atoms with E-state index in [0.717, 1.165) is 17.0 Å². The standard InChI is InChI=1S/C23H21N5O3/c1-15-12-28-19(22(24-15)27(2)13-16-6-4-3-5-7-16)11-18(26-28)23(29)25-17-8-9-20-21(10-17)31-14-30-20/h3-12H,13-14H2,1-2H3,(H,25,29). The van der Waals surface area contributed by atoms with Crippen LogP contribution in [0.15, 0.2) is 60.8 Å². The normalized spacial score (nSPS) is 12.2. The third-order valence-corrected chi connectivity index (χ3v) is 5.04. The van der Waals surface area contributed by atoms with Crippen LogP contribution in [0.4, 0.5) is 11.5 Å². The van der Waals surface area contributed by atoms with Gasteiger partial charge in [-0.25, -0.2) is 9.50 Å². The minimum absolute atomic E-state index is 0.185. The third-order valence-electron chi connectivity index (χ3n) is 5.04. The van der Waals surface area contributed by atoms with Crippen molar-refractivity contribution in [3.05, 3.63) is 77.7 Å². The second-order valence-electron chi connectivity index (χ2n) is 7.43. The van der Waals surface area contributed by atoms with Gasteiger partial charge in [0.15, 0.2) is 23.0 Å². The van der Waals surface area contributed by atoms with Crippen LogP contribution in [-0.4, -0.2) is 34.3 Å². The van der Waals surface area contributed by atoms with Crippen molar-refractivity contribution in [2.75, 3.05) is 24.1 Å². The van der Waals surface area contributed by atoms with E-state index in [1.165, 1.54) is 5.56 Å². The quantitative estimate of drug-likeness (QED) is 0.536. The van der Waals surface area contributed by atoms with Crippen LogP contribution in [0.1, 0.15) is 21.7 Å². The van der Waals surface area contributed by atoms with Crippen LogP contribution < -0.4 is 19.7 Å². The smallest absolute Gasteiger partial charge is 0.276 e. The van der Waals surface area contributed by atoms with E-state index in [4.69, 9.17) is 14.5 Å². The minimum atomic E-state index is -0.308. The van der Waals surface area contributed by atoms with E-state index >= 15 is 0 Å². The van der Waals surface area contributed by atoms with Crippen molar-refractivity contribution in [3.63, 3.8) is 0 Å². The lowest BCUT2D eigenvalue weighted by molar-refractivity contribution is 0.102. The van der Waals surface area contributed by atoms with Crippen molar-refractivity contribution in [1.29, 1.82) is 0 Å². The fourth-order valence-electron chi connectivity index (χ4n) is 3.58. The summed E-state index contributed by atoms with van der Waals surface area (Å²) in [6, 6.07) is 17.2. The second-order valence-corrected chi connectivity index (χ2v) is 7.43. The molecular formula is C23H21N5O3. The lowest BCUT2D eigenvalue weighted by Crippen LogP contribution is -2.19. The van der Waals surface area contributed by atoms with Crippen molar-refractivity contribution in [1.82, 2.24) is 14.6 Å². The molecule has 0 saturated carbocycles. The molecule has 0 spiro atoms. The number of hydrogen-bond donors (Lipinski definition) is 1. The maximum absolute atomic E-state index is 12.8. The van der Waals surface area contributed by atoms with E-state index in [-0.39, 0.29) is 12.7 Å². The number of ether oxygens (including phenoxy) is 2. The van der Waals surface area contributed by atoms with Crippen LogP contribution in [0.3, 0.4) is 0 Å². The topological polar surface area (TPSA) is 81.0 Å². The molecule has 0 atom stereocenters. The number of amides is 1. The number of aromatic nitrogens is 3. The van der Waals surface area contributed by atoms with Crippen LogP contribution >= 0.6 is 0 Å².